The molecule has 5 heteroatoms. The van der Waals surface area contributed by atoms with Crippen LogP contribution in [0.3, 0.4) is 0 Å². The van der Waals surface area contributed by atoms with Crippen molar-refractivity contribution < 1.29 is 13.5 Å². The Morgan fingerprint density at radius 3 is 1.61 bits per heavy atom. The monoisotopic (exact) mass is 764 g/mol. The first-order chi connectivity index (χ1) is 29.1. The van der Waals surface area contributed by atoms with Crippen molar-refractivity contribution in [3.05, 3.63) is 218 Å². The zero-order chi connectivity index (χ0) is 39.5. The van der Waals surface area contributed by atoms with Crippen molar-refractivity contribution in [1.29, 1.82) is 0 Å². The van der Waals surface area contributed by atoms with Gasteiger partial charge in [-0.1, -0.05) is 115 Å². The molecule has 11 rings (SSSR count). The number of benzene rings is 10. The first-order valence-electron chi connectivity index (χ1n) is 19.6. The molecule has 0 fully saturated rings. The molecule has 3 nitrogen and oxygen atoms in total. The van der Waals surface area contributed by atoms with Crippen LogP contribution in [0.1, 0.15) is 0 Å². The van der Waals surface area contributed by atoms with E-state index in [0.717, 1.165) is 83.1 Å². The van der Waals surface area contributed by atoms with Gasteiger partial charge in [0.05, 0.1) is 17.1 Å². The van der Waals surface area contributed by atoms with E-state index in [4.69, 9.17) is 4.74 Å². The molecular formula is C54H34F2N2O. The van der Waals surface area contributed by atoms with Crippen molar-refractivity contribution >= 4 is 66.4 Å². The van der Waals surface area contributed by atoms with Gasteiger partial charge in [0.2, 0.25) is 0 Å². The summed E-state index contributed by atoms with van der Waals surface area (Å²) < 4.78 is 38.3. The fraction of sp³-hybridized carbons (Fsp3) is 0. The molecule has 1 heterocycles. The summed E-state index contributed by atoms with van der Waals surface area (Å²) in [5.74, 6) is 0.779. The number of anilines is 6. The minimum Gasteiger partial charge on any atom is -0.456 e. The molecule has 0 amide bonds. The van der Waals surface area contributed by atoms with Gasteiger partial charge in [-0.15, -0.1) is 0 Å². The Kier molecular flexibility index (Phi) is 8.19. The van der Waals surface area contributed by atoms with Crippen LogP contribution in [0.2, 0.25) is 0 Å². The molecule has 0 atom stereocenters. The molecule has 0 radical (unpaired) electrons. The third-order valence-corrected chi connectivity index (χ3v) is 11.3. The fourth-order valence-corrected chi connectivity index (χ4v) is 8.68. The Bertz CT molecular complexity index is 3220. The second-order valence-corrected chi connectivity index (χ2v) is 14.7. The fourth-order valence-electron chi connectivity index (χ4n) is 8.68. The molecule has 0 saturated carbocycles. The summed E-state index contributed by atoms with van der Waals surface area (Å²) in [6.07, 6.45) is 0. The van der Waals surface area contributed by atoms with Gasteiger partial charge in [0, 0.05) is 39.5 Å². The van der Waals surface area contributed by atoms with E-state index in [0.29, 0.717) is 17.1 Å². The van der Waals surface area contributed by atoms with Crippen molar-refractivity contribution in [2.45, 2.75) is 0 Å². The predicted molar refractivity (Wildman–Crippen MR) is 239 cm³/mol. The number of fused-ring (bicyclic) bond motifs is 6. The average molecular weight is 765 g/mol. The molecule has 0 aliphatic carbocycles. The molecule has 280 valence electrons. The van der Waals surface area contributed by atoms with Crippen molar-refractivity contribution in [3.8, 4) is 33.8 Å². The summed E-state index contributed by atoms with van der Waals surface area (Å²) in [6, 6.07) is 67.3. The third-order valence-electron chi connectivity index (χ3n) is 11.3. The molecule has 0 spiro atoms. The van der Waals surface area contributed by atoms with Gasteiger partial charge in [0.25, 0.3) is 0 Å². The van der Waals surface area contributed by atoms with E-state index < -0.39 is 0 Å². The second-order valence-electron chi connectivity index (χ2n) is 14.7. The first kappa shape index (κ1) is 34.5. The lowest BCUT2D eigenvalue weighted by Gasteiger charge is -2.29. The minimum absolute atomic E-state index is 0.312. The summed E-state index contributed by atoms with van der Waals surface area (Å²) >= 11 is 0. The van der Waals surface area contributed by atoms with Gasteiger partial charge in [-0.3, -0.25) is 0 Å². The van der Waals surface area contributed by atoms with Crippen LogP contribution in [0.5, 0.6) is 11.5 Å². The molecule has 0 saturated heterocycles. The first-order valence-corrected chi connectivity index (χ1v) is 19.6. The van der Waals surface area contributed by atoms with E-state index >= 15 is 8.78 Å². The summed E-state index contributed by atoms with van der Waals surface area (Å²) in [5, 5.41) is 6.14. The molecule has 1 aliphatic heterocycles. The van der Waals surface area contributed by atoms with Gasteiger partial charge in [0.1, 0.15) is 23.1 Å². The Morgan fingerprint density at radius 1 is 0.322 bits per heavy atom. The highest BCUT2D eigenvalue weighted by molar-refractivity contribution is 6.26. The molecular weight excluding hydrogens is 731 g/mol. The molecule has 0 bridgehead atoms. The number of rotatable bonds is 7. The van der Waals surface area contributed by atoms with Crippen LogP contribution in [0.25, 0.3) is 54.6 Å². The van der Waals surface area contributed by atoms with Gasteiger partial charge in [0.15, 0.2) is 0 Å². The van der Waals surface area contributed by atoms with E-state index in [9.17, 15) is 0 Å². The van der Waals surface area contributed by atoms with E-state index in [2.05, 4.69) is 66.7 Å². The number of ether oxygens (including phenoxy) is 1. The summed E-state index contributed by atoms with van der Waals surface area (Å²) in [4.78, 5) is 3.94. The summed E-state index contributed by atoms with van der Waals surface area (Å²) in [6.45, 7) is 0. The van der Waals surface area contributed by atoms with Gasteiger partial charge in [-0.05, 0) is 123 Å². The van der Waals surface area contributed by atoms with Gasteiger partial charge < -0.3 is 14.5 Å². The van der Waals surface area contributed by atoms with Gasteiger partial charge in [-0.25, -0.2) is 8.78 Å². The third kappa shape index (κ3) is 5.78. The quantitative estimate of drug-likeness (QED) is 0.150. The zero-order valence-electron chi connectivity index (χ0n) is 31.7. The lowest BCUT2D eigenvalue weighted by Crippen LogP contribution is -2.12. The Labute approximate surface area is 340 Å². The largest absolute Gasteiger partial charge is 0.456 e. The number of halogens is 2. The lowest BCUT2D eigenvalue weighted by molar-refractivity contribution is 0.487. The maximum absolute atomic E-state index is 16.0. The van der Waals surface area contributed by atoms with Crippen LogP contribution < -0.4 is 14.5 Å². The minimum atomic E-state index is -0.321. The average Bonchev–Trinajstić information content (AvgIpc) is 3.29. The van der Waals surface area contributed by atoms with Gasteiger partial charge >= 0.3 is 0 Å². The van der Waals surface area contributed by atoms with E-state index in [-0.39, 0.29) is 11.6 Å². The van der Waals surface area contributed by atoms with Crippen LogP contribution in [0.4, 0.5) is 42.9 Å². The van der Waals surface area contributed by atoms with E-state index in [1.807, 2.05) is 119 Å². The van der Waals surface area contributed by atoms with E-state index in [1.165, 1.54) is 12.1 Å². The maximum Gasteiger partial charge on any atom is 0.147 e. The van der Waals surface area contributed by atoms with Crippen LogP contribution >= 0.6 is 0 Å². The normalized spacial score (nSPS) is 11.7. The highest BCUT2D eigenvalue weighted by atomic mass is 19.1. The van der Waals surface area contributed by atoms with Gasteiger partial charge in [-0.2, -0.15) is 0 Å². The second kappa shape index (κ2) is 14.0. The number of nitrogens with zero attached hydrogens (tertiary/aromatic N) is 2. The smallest absolute Gasteiger partial charge is 0.147 e. The van der Waals surface area contributed by atoms with Crippen molar-refractivity contribution in [2.24, 2.45) is 0 Å². The number of para-hydroxylation sites is 4. The molecule has 10 aromatic carbocycles. The summed E-state index contributed by atoms with van der Waals surface area (Å²) in [5.41, 5.74) is 8.39. The molecule has 59 heavy (non-hydrogen) atoms. The SMILES string of the molecule is Fc1ccccc1N(c1ccccc1)c1ccc2c(c1)Oc1cccc3c1c-2cc1c2cc(-c4ccccc4)ccc2c(N(c2ccccc2)c2ccccc2F)cc31. The van der Waals surface area contributed by atoms with Crippen molar-refractivity contribution in [1.82, 2.24) is 0 Å². The Balaban J connectivity index is 1.18. The molecule has 0 aromatic heterocycles. The topological polar surface area (TPSA) is 15.7 Å². The summed E-state index contributed by atoms with van der Waals surface area (Å²) in [7, 11) is 0. The number of hydrogen-bond donors (Lipinski definition) is 0. The lowest BCUT2D eigenvalue weighted by atomic mass is 9.87. The van der Waals surface area contributed by atoms with Crippen molar-refractivity contribution in [2.75, 3.05) is 9.80 Å². The van der Waals surface area contributed by atoms with Crippen LogP contribution in [0.15, 0.2) is 206 Å². The van der Waals surface area contributed by atoms with Crippen LogP contribution in [-0.2, 0) is 0 Å². The zero-order valence-corrected chi connectivity index (χ0v) is 31.7. The van der Waals surface area contributed by atoms with E-state index in [1.54, 1.807) is 18.2 Å². The van der Waals surface area contributed by atoms with Crippen molar-refractivity contribution in [3.63, 3.8) is 0 Å². The highest BCUT2D eigenvalue weighted by Gasteiger charge is 2.27. The Hall–Kier alpha value is -7.76. The van der Waals surface area contributed by atoms with Crippen LogP contribution in [0, 0.1) is 11.6 Å². The molecule has 0 unspecified atom stereocenters. The maximum atomic E-state index is 16.0. The molecule has 0 N–H and O–H groups in total. The molecule has 1 aliphatic rings. The molecule has 10 aromatic rings. The Morgan fingerprint density at radius 2 is 0.915 bits per heavy atom. The standard InChI is InChI=1S/C54H34F2N2O/c55-47-22-10-12-24-49(47)57(37-17-6-2-7-18-37)39-28-30-41-46-33-44-43-31-36(35-15-4-1-5-16-35)27-29-40(43)51(34-45(44)42-21-14-26-52(54(42)46)59-53(41)32-39)58(38-19-8-3-9-20-38)50-25-13-11-23-48(50)56/h1-34H. The predicted octanol–water partition coefficient (Wildman–Crippen LogP) is 15.8. The van der Waals surface area contributed by atoms with Crippen LogP contribution in [-0.4, -0.2) is 0 Å². The highest BCUT2D eigenvalue weighted by Crippen LogP contribution is 2.53. The number of hydrogen-bond acceptors (Lipinski definition) is 3.